The molecule has 0 aromatic rings. The normalized spacial score (nSPS) is 52.1. The number of hydrogen-bond donors (Lipinski definition) is 20. The Hall–Kier alpha value is -1.32. The molecule has 22 aliphatic heterocycles. The van der Waals surface area contributed by atoms with Crippen LogP contribution in [0.5, 0.6) is 0 Å². The fraction of sp³-hybridized carbons (Fsp3) is 1.00. The van der Waals surface area contributed by atoms with Crippen LogP contribution in [0.3, 0.4) is 0 Å². The minimum atomic E-state index is -2.28. The first kappa shape index (κ1) is 59.3. The Balaban J connectivity index is 1.23. The Morgan fingerprint density at radius 2 is 0.507 bits per heavy atom. The van der Waals surface area contributed by atoms with Gasteiger partial charge in [-0.1, -0.05) is 0 Å². The average Bonchev–Trinajstić information content (AvgIpc) is 3.38. The van der Waals surface area contributed by atoms with Crippen molar-refractivity contribution in [2.24, 2.45) is 0 Å². The molecule has 32 atom stereocenters. The molecule has 0 spiro atoms. The van der Waals surface area contributed by atoms with Crippen molar-refractivity contribution in [3.8, 4) is 0 Å². The molecule has 2 unspecified atom stereocenters. The highest BCUT2D eigenvalue weighted by atomic mass is 16.8. The molecule has 22 fully saturated rings. The number of aliphatic hydroxyl groups is 20. The van der Waals surface area contributed by atoms with E-state index in [0.29, 0.717) is 0 Å². The van der Waals surface area contributed by atoms with Gasteiger partial charge in [-0.15, -0.1) is 0 Å². The van der Waals surface area contributed by atoms with Gasteiger partial charge < -0.3 is 164 Å². The fourth-order valence-electron chi connectivity index (χ4n) is 9.59. The Labute approximate surface area is 412 Å². The largest absolute Gasteiger partial charge is 0.396 e. The first-order valence-corrected chi connectivity index (χ1v) is 23.4. The number of ether oxygens (including phenoxy) is 13. The zero-order valence-corrected chi connectivity index (χ0v) is 38.4. The molecule has 33 heteroatoms. The third-order valence-electron chi connectivity index (χ3n) is 13.7. The van der Waals surface area contributed by atoms with Crippen LogP contribution in [0.4, 0.5) is 0 Å². The molecule has 0 aromatic heterocycles. The van der Waals surface area contributed by atoms with Gasteiger partial charge in [0, 0.05) is 13.0 Å². The van der Waals surface area contributed by atoms with Crippen molar-refractivity contribution in [1.82, 2.24) is 0 Å². The second kappa shape index (κ2) is 25.6. The molecule has 22 saturated heterocycles. The summed E-state index contributed by atoms with van der Waals surface area (Å²) in [6, 6.07) is 0. The van der Waals surface area contributed by atoms with Crippen molar-refractivity contribution in [3.63, 3.8) is 0 Å². The van der Waals surface area contributed by atoms with Crippen LogP contribution in [0.25, 0.3) is 0 Å². The van der Waals surface area contributed by atoms with E-state index in [4.69, 9.17) is 61.6 Å². The SMILES string of the molecule is OCCC(O)C(O)O[C@@H]1[C@@H](O)[C@H]2O[C@H]3[C@H](O)[C@@H](O)[C@@H](O[C@H]4[C@H](O)[C@@H](O)[C@@H](O[C@H]5[C@H](O)[C@@H](O)[C@@H](O[C@H]6[C@H](O)[C@@H](O)[C@@H](O[C@H]7[C@H](O)[C@@H](O)[C@@H](O[C@H]1[C@@H](CO)O2)O[C@@H]7CO)O[C@@H]6CO)O[C@@H]5CO)O[C@@H]4CO)O[C@@H]3CO. The van der Waals surface area contributed by atoms with Gasteiger partial charge >= 0.3 is 0 Å². The molecule has 22 heterocycles. The molecule has 33 nitrogen and oxygen atoms in total. The molecule has 426 valence electrons. The van der Waals surface area contributed by atoms with E-state index in [2.05, 4.69) is 0 Å². The maximum atomic E-state index is 11.8. The van der Waals surface area contributed by atoms with Crippen molar-refractivity contribution in [1.29, 1.82) is 0 Å². The topological polar surface area (TPSA) is 525 Å². The van der Waals surface area contributed by atoms with Crippen LogP contribution in [0.15, 0.2) is 0 Å². The summed E-state index contributed by atoms with van der Waals surface area (Å²) >= 11 is 0. The second-order valence-corrected chi connectivity index (χ2v) is 18.4. The zero-order valence-electron chi connectivity index (χ0n) is 38.4. The predicted molar refractivity (Wildman–Crippen MR) is 218 cm³/mol. The van der Waals surface area contributed by atoms with E-state index in [1.807, 2.05) is 0 Å². The molecule has 0 radical (unpaired) electrons. The fourth-order valence-corrected chi connectivity index (χ4v) is 9.59. The highest BCUT2D eigenvalue weighted by molar-refractivity contribution is 5.01. The Kier molecular flexibility index (Phi) is 20.8. The third kappa shape index (κ3) is 12.1. The van der Waals surface area contributed by atoms with E-state index in [1.54, 1.807) is 0 Å². The molecule has 73 heavy (non-hydrogen) atoms. The van der Waals surface area contributed by atoms with Crippen LogP contribution >= 0.6 is 0 Å². The highest BCUT2D eigenvalue weighted by Crippen LogP contribution is 2.39. The lowest BCUT2D eigenvalue weighted by Gasteiger charge is -2.51. The Bertz CT molecular complexity index is 1670. The molecular formula is C40H68O33. The summed E-state index contributed by atoms with van der Waals surface area (Å²) in [6.45, 7) is -7.00. The summed E-state index contributed by atoms with van der Waals surface area (Å²) in [6.07, 6.45) is -65.1. The van der Waals surface area contributed by atoms with E-state index in [0.717, 1.165) is 0 Å². The summed E-state index contributed by atoms with van der Waals surface area (Å²) in [5.41, 5.74) is 0. The van der Waals surface area contributed by atoms with Gasteiger partial charge in [0.1, 0.15) is 153 Å². The van der Waals surface area contributed by atoms with Gasteiger partial charge in [0.15, 0.2) is 44.0 Å². The molecule has 12 bridgehead atoms. The average molecular weight is 1080 g/mol. The van der Waals surface area contributed by atoms with Crippen LogP contribution in [-0.2, 0) is 61.6 Å². The lowest BCUT2D eigenvalue weighted by atomic mass is 9.94. The van der Waals surface area contributed by atoms with E-state index >= 15 is 0 Å². The van der Waals surface area contributed by atoms with Crippen LogP contribution in [-0.4, -0.2) is 345 Å². The molecule has 0 aliphatic carbocycles. The van der Waals surface area contributed by atoms with E-state index < -0.39 is 249 Å². The number of aliphatic hydroxyl groups excluding tert-OH is 20. The molecule has 20 N–H and O–H groups in total. The van der Waals surface area contributed by atoms with E-state index in [9.17, 15) is 102 Å². The van der Waals surface area contributed by atoms with Gasteiger partial charge in [-0.2, -0.15) is 0 Å². The van der Waals surface area contributed by atoms with Crippen molar-refractivity contribution in [2.75, 3.05) is 46.2 Å². The van der Waals surface area contributed by atoms with Crippen molar-refractivity contribution >= 4 is 0 Å². The number of hydrogen-bond acceptors (Lipinski definition) is 33. The van der Waals surface area contributed by atoms with E-state index in [-0.39, 0.29) is 0 Å². The Morgan fingerprint density at radius 1 is 0.288 bits per heavy atom. The zero-order chi connectivity index (χ0) is 53.3. The second-order valence-electron chi connectivity index (χ2n) is 18.4. The molecule has 0 amide bonds. The summed E-state index contributed by atoms with van der Waals surface area (Å²) in [7, 11) is 0. The molecule has 22 rings (SSSR count). The highest BCUT2D eigenvalue weighted by Gasteiger charge is 2.59. The first-order chi connectivity index (χ1) is 34.8. The quantitative estimate of drug-likeness (QED) is 0.0854. The van der Waals surface area contributed by atoms with Crippen molar-refractivity contribution in [3.05, 3.63) is 0 Å². The van der Waals surface area contributed by atoms with Crippen LogP contribution in [0.1, 0.15) is 6.42 Å². The van der Waals surface area contributed by atoms with E-state index in [1.165, 1.54) is 0 Å². The maximum Gasteiger partial charge on any atom is 0.187 e. The number of rotatable bonds is 11. The monoisotopic (exact) mass is 1080 g/mol. The lowest BCUT2D eigenvalue weighted by molar-refractivity contribution is -0.407. The van der Waals surface area contributed by atoms with Crippen molar-refractivity contribution in [2.45, 2.75) is 203 Å². The molecule has 22 aliphatic rings. The lowest BCUT2D eigenvalue weighted by Crippen LogP contribution is -2.69. The summed E-state index contributed by atoms with van der Waals surface area (Å²) in [5.74, 6) is 0. The first-order valence-electron chi connectivity index (χ1n) is 23.4. The summed E-state index contributed by atoms with van der Waals surface area (Å²) < 4.78 is 74.3. The smallest absolute Gasteiger partial charge is 0.187 e. The minimum absolute atomic E-state index is 0.496. The van der Waals surface area contributed by atoms with Crippen LogP contribution < -0.4 is 0 Å². The third-order valence-corrected chi connectivity index (χ3v) is 13.7. The van der Waals surface area contributed by atoms with Crippen LogP contribution in [0, 0.1) is 0 Å². The van der Waals surface area contributed by atoms with Gasteiger partial charge in [-0.25, -0.2) is 0 Å². The standard InChI is InChI=1S/C40H68O33/c41-2-1-9(48)34(60)67-33-26(59)40-66-15(8-47)32(33)73-39-25(58)20(53)30(13(6-45)65-39)71-37-23(56)18(51)28(11(4-43)63-37)69-35-21(54)16(49)27(10(3-42)61-35)68-36-22(55)17(50)29(12(5-44)62-36)70-38-24(57)19(52)31(72-40)14(7-46)64-38/h9-60H,1-8H2/t9?,10-,11-,12-,13-,14-,15-,16-,17-,18-,19-,20-,21-,22-,23-,24-,25-,26-,27-,28-,29-,30-,31-,32+,33-,34?,35-,36-,37-,38-,39-,40-/m1/s1. The Morgan fingerprint density at radius 3 is 0.740 bits per heavy atom. The van der Waals surface area contributed by atoms with Gasteiger partial charge in [-0.05, 0) is 0 Å². The van der Waals surface area contributed by atoms with Gasteiger partial charge in [0.2, 0.25) is 0 Å². The predicted octanol–water partition coefficient (Wildman–Crippen LogP) is -14.0. The molecular weight excluding hydrogens is 1010 g/mol. The minimum Gasteiger partial charge on any atom is -0.396 e. The van der Waals surface area contributed by atoms with Crippen LogP contribution in [0.2, 0.25) is 0 Å². The summed E-state index contributed by atoms with van der Waals surface area (Å²) in [5, 5.41) is 218. The van der Waals surface area contributed by atoms with Gasteiger partial charge in [-0.3, -0.25) is 0 Å². The van der Waals surface area contributed by atoms with Gasteiger partial charge in [0.05, 0.1) is 39.6 Å². The molecule has 0 saturated carbocycles. The maximum absolute atomic E-state index is 11.8. The van der Waals surface area contributed by atoms with Gasteiger partial charge in [0.25, 0.3) is 0 Å². The van der Waals surface area contributed by atoms with Crippen molar-refractivity contribution < 1.29 is 164 Å². The summed E-state index contributed by atoms with van der Waals surface area (Å²) in [4.78, 5) is 0. The molecule has 0 aromatic carbocycles.